The van der Waals surface area contributed by atoms with Gasteiger partial charge >= 0.3 is 0 Å². The molecule has 0 radical (unpaired) electrons. The van der Waals surface area contributed by atoms with Crippen LogP contribution < -0.4 is 15.4 Å². The number of benzene rings is 1. The highest BCUT2D eigenvalue weighted by atomic mass is 32.2. The standard InChI is InChI=1S/C15H21N5O2S/c1-3-16-15-19-12(2)11-14(20-15)17-9-10-18-23(21,22)13-7-5-4-6-8-13/h4-8,11,18H,3,9-10H2,1-2H3,(H2,16,17,19,20). The number of aryl methyl sites for hydroxylation is 1. The number of hydrogen-bond acceptors (Lipinski definition) is 6. The monoisotopic (exact) mass is 335 g/mol. The molecule has 0 aliphatic rings. The minimum Gasteiger partial charge on any atom is -0.369 e. The summed E-state index contributed by atoms with van der Waals surface area (Å²) in [4.78, 5) is 8.82. The third kappa shape index (κ3) is 5.19. The van der Waals surface area contributed by atoms with Crippen molar-refractivity contribution in [1.29, 1.82) is 0 Å². The molecular weight excluding hydrogens is 314 g/mol. The molecule has 0 saturated carbocycles. The van der Waals surface area contributed by atoms with Crippen LogP contribution in [0.15, 0.2) is 41.3 Å². The normalized spacial score (nSPS) is 11.2. The van der Waals surface area contributed by atoms with E-state index in [1.807, 2.05) is 19.9 Å². The van der Waals surface area contributed by atoms with Crippen molar-refractivity contribution >= 4 is 21.8 Å². The summed E-state index contributed by atoms with van der Waals surface area (Å²) in [6.45, 7) is 5.27. The molecule has 7 nitrogen and oxygen atoms in total. The van der Waals surface area contributed by atoms with Crippen LogP contribution in [0.5, 0.6) is 0 Å². The van der Waals surface area contributed by atoms with Crippen molar-refractivity contribution in [2.45, 2.75) is 18.7 Å². The lowest BCUT2D eigenvalue weighted by Crippen LogP contribution is -2.29. The van der Waals surface area contributed by atoms with Gasteiger partial charge in [0.2, 0.25) is 16.0 Å². The van der Waals surface area contributed by atoms with Crippen LogP contribution >= 0.6 is 0 Å². The van der Waals surface area contributed by atoms with Gasteiger partial charge in [0.05, 0.1) is 4.90 Å². The van der Waals surface area contributed by atoms with Gasteiger partial charge in [0, 0.05) is 31.4 Å². The number of anilines is 2. The van der Waals surface area contributed by atoms with Gasteiger partial charge in [-0.15, -0.1) is 0 Å². The number of nitrogens with one attached hydrogen (secondary N) is 3. The summed E-state index contributed by atoms with van der Waals surface area (Å²) >= 11 is 0. The van der Waals surface area contributed by atoms with Gasteiger partial charge in [-0.1, -0.05) is 18.2 Å². The lowest BCUT2D eigenvalue weighted by molar-refractivity contribution is 0.583. The second-order valence-electron chi connectivity index (χ2n) is 4.89. The van der Waals surface area contributed by atoms with Crippen molar-refractivity contribution in [2.75, 3.05) is 30.3 Å². The Hall–Kier alpha value is -2.19. The molecule has 2 aromatic rings. The number of nitrogens with zero attached hydrogens (tertiary/aromatic N) is 2. The molecule has 0 atom stereocenters. The van der Waals surface area contributed by atoms with Crippen LogP contribution in [0.4, 0.5) is 11.8 Å². The van der Waals surface area contributed by atoms with E-state index in [0.717, 1.165) is 12.2 Å². The van der Waals surface area contributed by atoms with Gasteiger partial charge in [-0.25, -0.2) is 18.1 Å². The van der Waals surface area contributed by atoms with Crippen LogP contribution in [0.1, 0.15) is 12.6 Å². The van der Waals surface area contributed by atoms with Crippen molar-refractivity contribution in [3.05, 3.63) is 42.1 Å². The SMILES string of the molecule is CCNc1nc(C)cc(NCCNS(=O)(=O)c2ccccc2)n1. The van der Waals surface area contributed by atoms with E-state index in [0.29, 0.717) is 18.3 Å². The lowest BCUT2D eigenvalue weighted by atomic mass is 10.4. The van der Waals surface area contributed by atoms with Crippen LogP contribution in [-0.4, -0.2) is 38.0 Å². The molecule has 0 unspecified atom stereocenters. The van der Waals surface area contributed by atoms with Gasteiger partial charge in [-0.2, -0.15) is 4.98 Å². The fourth-order valence-electron chi connectivity index (χ4n) is 1.96. The highest BCUT2D eigenvalue weighted by molar-refractivity contribution is 7.89. The van der Waals surface area contributed by atoms with E-state index in [1.54, 1.807) is 30.3 Å². The van der Waals surface area contributed by atoms with Crippen molar-refractivity contribution in [3.63, 3.8) is 0 Å². The Morgan fingerprint density at radius 1 is 1.04 bits per heavy atom. The van der Waals surface area contributed by atoms with Crippen molar-refractivity contribution < 1.29 is 8.42 Å². The Balaban J connectivity index is 1.88. The molecule has 3 N–H and O–H groups in total. The van der Waals surface area contributed by atoms with E-state index >= 15 is 0 Å². The maximum absolute atomic E-state index is 12.1. The summed E-state index contributed by atoms with van der Waals surface area (Å²) in [5, 5.41) is 6.14. The Bertz CT molecular complexity index is 735. The Morgan fingerprint density at radius 2 is 1.78 bits per heavy atom. The number of rotatable bonds is 8. The number of sulfonamides is 1. The Kier molecular flexibility index (Phi) is 5.89. The summed E-state index contributed by atoms with van der Waals surface area (Å²) < 4.78 is 26.7. The van der Waals surface area contributed by atoms with Gasteiger partial charge in [0.15, 0.2) is 0 Å². The molecule has 0 aliphatic carbocycles. The van der Waals surface area contributed by atoms with Crippen molar-refractivity contribution in [2.24, 2.45) is 0 Å². The fraction of sp³-hybridized carbons (Fsp3) is 0.333. The van der Waals surface area contributed by atoms with E-state index < -0.39 is 10.0 Å². The fourth-order valence-corrected chi connectivity index (χ4v) is 3.01. The van der Waals surface area contributed by atoms with Gasteiger partial charge in [-0.3, -0.25) is 0 Å². The smallest absolute Gasteiger partial charge is 0.240 e. The van der Waals surface area contributed by atoms with E-state index in [9.17, 15) is 8.42 Å². The second kappa shape index (κ2) is 7.89. The molecule has 1 heterocycles. The molecule has 0 bridgehead atoms. The van der Waals surface area contributed by atoms with E-state index in [2.05, 4.69) is 25.3 Å². The van der Waals surface area contributed by atoms with Crippen molar-refractivity contribution in [1.82, 2.24) is 14.7 Å². The first kappa shape index (κ1) is 17.2. The Labute approximate surface area is 136 Å². The average Bonchev–Trinajstić information content (AvgIpc) is 2.52. The molecule has 8 heteroatoms. The largest absolute Gasteiger partial charge is 0.369 e. The lowest BCUT2D eigenvalue weighted by Gasteiger charge is -2.10. The van der Waals surface area contributed by atoms with Crippen molar-refractivity contribution in [3.8, 4) is 0 Å². The molecular formula is C15H21N5O2S. The Morgan fingerprint density at radius 3 is 2.48 bits per heavy atom. The maximum Gasteiger partial charge on any atom is 0.240 e. The zero-order chi connectivity index (χ0) is 16.7. The predicted octanol–water partition coefficient (Wildman–Crippen LogP) is 1.61. The van der Waals surface area contributed by atoms with Gasteiger partial charge < -0.3 is 10.6 Å². The molecule has 2 rings (SSSR count). The van der Waals surface area contributed by atoms with Crippen LogP contribution in [0, 0.1) is 6.92 Å². The summed E-state index contributed by atoms with van der Waals surface area (Å²) in [6.07, 6.45) is 0. The van der Waals surface area contributed by atoms with Gasteiger partial charge in [0.1, 0.15) is 5.82 Å². The minimum absolute atomic E-state index is 0.257. The van der Waals surface area contributed by atoms with E-state index in [-0.39, 0.29) is 11.4 Å². The summed E-state index contributed by atoms with van der Waals surface area (Å²) in [6, 6.07) is 10.1. The number of hydrogen-bond donors (Lipinski definition) is 3. The highest BCUT2D eigenvalue weighted by Gasteiger charge is 2.12. The first-order valence-corrected chi connectivity index (χ1v) is 8.87. The zero-order valence-electron chi connectivity index (χ0n) is 13.2. The number of aromatic nitrogens is 2. The van der Waals surface area contributed by atoms with Crippen LogP contribution in [0.3, 0.4) is 0 Å². The van der Waals surface area contributed by atoms with Gasteiger partial charge in [-0.05, 0) is 26.0 Å². The molecule has 0 spiro atoms. The topological polar surface area (TPSA) is 96.0 Å². The zero-order valence-corrected chi connectivity index (χ0v) is 14.0. The molecule has 124 valence electrons. The summed E-state index contributed by atoms with van der Waals surface area (Å²) in [5.74, 6) is 1.22. The van der Waals surface area contributed by atoms with Gasteiger partial charge in [0.25, 0.3) is 0 Å². The molecule has 0 saturated heterocycles. The third-order valence-electron chi connectivity index (χ3n) is 2.97. The molecule has 1 aromatic heterocycles. The first-order chi connectivity index (χ1) is 11.0. The quantitative estimate of drug-likeness (QED) is 0.634. The van der Waals surface area contributed by atoms with E-state index in [1.165, 1.54) is 0 Å². The summed E-state index contributed by atoms with van der Waals surface area (Å²) in [5.41, 5.74) is 0.836. The molecule has 0 fully saturated rings. The van der Waals surface area contributed by atoms with Crippen LogP contribution in [-0.2, 0) is 10.0 Å². The third-order valence-corrected chi connectivity index (χ3v) is 4.44. The second-order valence-corrected chi connectivity index (χ2v) is 6.65. The summed E-state index contributed by atoms with van der Waals surface area (Å²) in [7, 11) is -3.47. The van der Waals surface area contributed by atoms with E-state index in [4.69, 9.17) is 0 Å². The molecule has 1 aromatic carbocycles. The predicted molar refractivity (Wildman–Crippen MR) is 91.1 cm³/mol. The minimum atomic E-state index is -3.47. The van der Waals surface area contributed by atoms with Crippen LogP contribution in [0.2, 0.25) is 0 Å². The average molecular weight is 335 g/mol. The maximum atomic E-state index is 12.1. The molecule has 23 heavy (non-hydrogen) atoms. The van der Waals surface area contributed by atoms with Crippen LogP contribution in [0.25, 0.3) is 0 Å². The molecule has 0 amide bonds. The first-order valence-electron chi connectivity index (χ1n) is 7.39. The highest BCUT2D eigenvalue weighted by Crippen LogP contribution is 2.09. The molecule has 0 aliphatic heterocycles.